The number of nitrogens with two attached hydrogens (primary N) is 1. The van der Waals surface area contributed by atoms with Crippen LogP contribution in [0, 0.1) is 12.3 Å². The molecule has 1 aliphatic rings. The molecule has 1 aliphatic heterocycles. The molecule has 0 aliphatic carbocycles. The number of aliphatic hydroxyl groups excluding tert-OH is 2. The number of aliphatic hydroxyl groups is 2. The summed E-state index contributed by atoms with van der Waals surface area (Å²) in [5.41, 5.74) is 6.63. The van der Waals surface area contributed by atoms with Crippen molar-refractivity contribution in [2.75, 3.05) is 5.73 Å². The summed E-state index contributed by atoms with van der Waals surface area (Å²) >= 11 is 0. The Kier molecular flexibility index (Phi) is 3.94. The van der Waals surface area contributed by atoms with E-state index in [1.165, 1.54) is 12.7 Å². The molecule has 1 saturated heterocycles. The van der Waals surface area contributed by atoms with Crippen molar-refractivity contribution in [2.45, 2.75) is 43.8 Å². The Morgan fingerprint density at radius 2 is 2.14 bits per heavy atom. The number of rotatable bonds is 4. The van der Waals surface area contributed by atoms with Crippen LogP contribution in [0.15, 0.2) is 12.7 Å². The lowest BCUT2D eigenvalue weighted by Crippen LogP contribution is -2.31. The van der Waals surface area contributed by atoms with E-state index in [2.05, 4.69) is 20.9 Å². The highest BCUT2D eigenvalue weighted by molar-refractivity contribution is 5.81. The first-order valence-corrected chi connectivity index (χ1v) is 7.01. The van der Waals surface area contributed by atoms with E-state index in [-0.39, 0.29) is 5.82 Å². The summed E-state index contributed by atoms with van der Waals surface area (Å²) in [5.74, 6) is 2.79. The van der Waals surface area contributed by atoms with E-state index in [1.807, 2.05) is 0 Å². The van der Waals surface area contributed by atoms with E-state index >= 15 is 0 Å². The number of aromatic nitrogens is 4. The molecule has 2 aromatic heterocycles. The Morgan fingerprint density at radius 1 is 1.32 bits per heavy atom. The van der Waals surface area contributed by atoms with Gasteiger partial charge in [0.15, 0.2) is 17.7 Å². The Balaban J connectivity index is 1.85. The molecule has 2 aromatic rings. The van der Waals surface area contributed by atoms with Crippen LogP contribution in [-0.4, -0.2) is 48.0 Å². The fraction of sp³-hybridized carbons (Fsp3) is 0.500. The summed E-state index contributed by atoms with van der Waals surface area (Å²) in [6.45, 7) is 0. The number of anilines is 1. The summed E-state index contributed by atoms with van der Waals surface area (Å²) in [7, 11) is 0. The Hall–Kier alpha value is -2.21. The van der Waals surface area contributed by atoms with E-state index in [9.17, 15) is 10.2 Å². The summed E-state index contributed by atoms with van der Waals surface area (Å²) < 4.78 is 7.34. The molecule has 0 amide bonds. The lowest BCUT2D eigenvalue weighted by molar-refractivity contribution is -0.0372. The lowest BCUT2D eigenvalue weighted by Gasteiger charge is -2.16. The van der Waals surface area contributed by atoms with Gasteiger partial charge in [0.05, 0.1) is 12.4 Å². The van der Waals surface area contributed by atoms with Crippen molar-refractivity contribution in [3.05, 3.63) is 12.7 Å². The summed E-state index contributed by atoms with van der Waals surface area (Å²) in [6.07, 6.45) is 6.58. The molecule has 3 heterocycles. The third-order valence-electron chi connectivity index (χ3n) is 3.81. The van der Waals surface area contributed by atoms with Crippen molar-refractivity contribution in [1.82, 2.24) is 19.5 Å². The van der Waals surface area contributed by atoms with Crippen molar-refractivity contribution >= 4 is 17.0 Å². The maximum Gasteiger partial charge on any atom is 0.167 e. The van der Waals surface area contributed by atoms with Crippen LogP contribution in [0.2, 0.25) is 0 Å². The average molecular weight is 303 g/mol. The van der Waals surface area contributed by atoms with E-state index < -0.39 is 24.5 Å². The minimum Gasteiger partial charge on any atom is -0.388 e. The van der Waals surface area contributed by atoms with Crippen molar-refractivity contribution in [1.29, 1.82) is 0 Å². The van der Waals surface area contributed by atoms with Crippen LogP contribution in [0.5, 0.6) is 0 Å². The second-order valence-electron chi connectivity index (χ2n) is 5.23. The topological polar surface area (TPSA) is 119 Å². The van der Waals surface area contributed by atoms with Gasteiger partial charge in [0.1, 0.15) is 24.1 Å². The normalized spacial score (nSPS) is 28.0. The maximum absolute atomic E-state index is 10.2. The van der Waals surface area contributed by atoms with E-state index in [4.69, 9.17) is 16.9 Å². The first-order valence-electron chi connectivity index (χ1n) is 7.01. The fourth-order valence-electron chi connectivity index (χ4n) is 2.66. The largest absolute Gasteiger partial charge is 0.388 e. The van der Waals surface area contributed by atoms with Crippen molar-refractivity contribution in [2.24, 2.45) is 0 Å². The van der Waals surface area contributed by atoms with Crippen LogP contribution in [0.1, 0.15) is 25.5 Å². The van der Waals surface area contributed by atoms with Crippen LogP contribution in [0.4, 0.5) is 5.82 Å². The Morgan fingerprint density at radius 3 is 2.91 bits per heavy atom. The SMILES string of the molecule is C#CCCCC1OC(n2cnc3c(N)ncnc32)C(O)C1O. The van der Waals surface area contributed by atoms with Crippen LogP contribution >= 0.6 is 0 Å². The third kappa shape index (κ3) is 2.39. The van der Waals surface area contributed by atoms with Crippen molar-refractivity contribution in [3.8, 4) is 12.3 Å². The molecular formula is C14H17N5O3. The molecule has 3 rings (SSSR count). The molecule has 116 valence electrons. The minimum atomic E-state index is -1.08. The van der Waals surface area contributed by atoms with Crippen LogP contribution in [0.25, 0.3) is 11.2 Å². The van der Waals surface area contributed by atoms with E-state index in [0.717, 1.165) is 6.42 Å². The highest BCUT2D eigenvalue weighted by atomic mass is 16.6. The molecule has 0 saturated carbocycles. The number of nitrogens with zero attached hydrogens (tertiary/aromatic N) is 4. The predicted octanol–water partition coefficient (Wildman–Crippen LogP) is -0.169. The molecule has 22 heavy (non-hydrogen) atoms. The highest BCUT2D eigenvalue weighted by Gasteiger charge is 2.43. The quantitative estimate of drug-likeness (QED) is 0.530. The second kappa shape index (κ2) is 5.88. The zero-order valence-electron chi connectivity index (χ0n) is 11.8. The monoisotopic (exact) mass is 303 g/mol. The standard InChI is InChI=1S/C14H17N5O3/c1-2-3-4-5-8-10(20)11(21)14(22-8)19-7-18-9-12(15)16-6-17-13(9)19/h1,6-8,10-11,14,20-21H,3-5H2,(H2,15,16,17). The van der Waals surface area contributed by atoms with Gasteiger partial charge >= 0.3 is 0 Å². The molecule has 0 aromatic carbocycles. The van der Waals surface area contributed by atoms with Gasteiger partial charge in [-0.05, 0) is 12.8 Å². The van der Waals surface area contributed by atoms with Gasteiger partial charge in [0.2, 0.25) is 0 Å². The fourth-order valence-corrected chi connectivity index (χ4v) is 2.66. The smallest absolute Gasteiger partial charge is 0.167 e. The van der Waals surface area contributed by atoms with Gasteiger partial charge in [0, 0.05) is 6.42 Å². The van der Waals surface area contributed by atoms with Gasteiger partial charge < -0.3 is 20.7 Å². The lowest BCUT2D eigenvalue weighted by atomic mass is 10.1. The van der Waals surface area contributed by atoms with Crippen LogP contribution in [-0.2, 0) is 4.74 Å². The van der Waals surface area contributed by atoms with E-state index in [0.29, 0.717) is 24.0 Å². The number of fused-ring (bicyclic) bond motifs is 1. The number of unbranched alkanes of at least 4 members (excludes halogenated alkanes) is 1. The van der Waals surface area contributed by atoms with Gasteiger partial charge in [-0.25, -0.2) is 15.0 Å². The molecule has 0 bridgehead atoms. The average Bonchev–Trinajstić information content (AvgIpc) is 3.05. The van der Waals surface area contributed by atoms with Crippen molar-refractivity contribution < 1.29 is 14.9 Å². The van der Waals surface area contributed by atoms with Gasteiger partial charge in [-0.15, -0.1) is 12.3 Å². The molecule has 0 spiro atoms. The third-order valence-corrected chi connectivity index (χ3v) is 3.81. The zero-order chi connectivity index (χ0) is 15.7. The molecule has 4 unspecified atom stereocenters. The zero-order valence-corrected chi connectivity index (χ0v) is 11.8. The Labute approximate surface area is 127 Å². The molecule has 8 heteroatoms. The predicted molar refractivity (Wildman–Crippen MR) is 78.3 cm³/mol. The minimum absolute atomic E-state index is 0.252. The van der Waals surface area contributed by atoms with E-state index in [1.54, 1.807) is 4.57 Å². The summed E-state index contributed by atoms with van der Waals surface area (Å²) in [4.78, 5) is 12.1. The molecular weight excluding hydrogens is 286 g/mol. The molecule has 4 N–H and O–H groups in total. The number of imidazole rings is 1. The number of terminal acetylenes is 1. The number of ether oxygens (including phenoxy) is 1. The highest BCUT2D eigenvalue weighted by Crippen LogP contribution is 2.33. The van der Waals surface area contributed by atoms with Gasteiger partial charge in [-0.3, -0.25) is 4.57 Å². The maximum atomic E-state index is 10.2. The van der Waals surface area contributed by atoms with Gasteiger partial charge in [-0.1, -0.05) is 0 Å². The first-order chi connectivity index (χ1) is 10.6. The molecule has 1 fully saturated rings. The number of hydrogen-bond donors (Lipinski definition) is 3. The van der Waals surface area contributed by atoms with Gasteiger partial charge in [0.25, 0.3) is 0 Å². The summed E-state index contributed by atoms with van der Waals surface area (Å²) in [5, 5.41) is 20.4. The first kappa shape index (κ1) is 14.7. The second-order valence-corrected chi connectivity index (χ2v) is 5.23. The van der Waals surface area contributed by atoms with Gasteiger partial charge in [-0.2, -0.15) is 0 Å². The molecule has 4 atom stereocenters. The van der Waals surface area contributed by atoms with Crippen molar-refractivity contribution in [3.63, 3.8) is 0 Å². The number of nitrogen functional groups attached to an aromatic ring is 1. The Bertz CT molecular complexity index is 710. The number of hydrogen-bond acceptors (Lipinski definition) is 7. The molecule has 8 nitrogen and oxygen atoms in total. The summed E-state index contributed by atoms with van der Waals surface area (Å²) in [6, 6.07) is 0. The van der Waals surface area contributed by atoms with Crippen LogP contribution < -0.4 is 5.73 Å². The van der Waals surface area contributed by atoms with Crippen LogP contribution in [0.3, 0.4) is 0 Å². The molecule has 0 radical (unpaired) electrons.